The SMILES string of the molecule is OC(c1ccc2c(c1)OCCCO2)c1cccc(F)c1Cl. The maximum atomic E-state index is 13.5. The zero-order chi connectivity index (χ0) is 14.8. The van der Waals surface area contributed by atoms with Crippen LogP contribution < -0.4 is 9.47 Å². The van der Waals surface area contributed by atoms with Crippen LogP contribution in [0, 0.1) is 5.82 Å². The lowest BCUT2D eigenvalue weighted by Crippen LogP contribution is -2.02. The van der Waals surface area contributed by atoms with Gasteiger partial charge in [0.1, 0.15) is 11.9 Å². The van der Waals surface area contributed by atoms with E-state index in [9.17, 15) is 9.50 Å². The van der Waals surface area contributed by atoms with Crippen LogP contribution in [0.1, 0.15) is 23.7 Å². The van der Waals surface area contributed by atoms with Crippen molar-refractivity contribution in [2.45, 2.75) is 12.5 Å². The van der Waals surface area contributed by atoms with Crippen LogP contribution in [0.25, 0.3) is 0 Å². The lowest BCUT2D eigenvalue weighted by Gasteiger charge is -2.15. The zero-order valence-corrected chi connectivity index (χ0v) is 11.9. The highest BCUT2D eigenvalue weighted by atomic mass is 35.5. The molecule has 1 unspecified atom stereocenters. The van der Waals surface area contributed by atoms with Gasteiger partial charge in [-0.25, -0.2) is 4.39 Å². The molecule has 2 aromatic carbocycles. The van der Waals surface area contributed by atoms with Gasteiger partial charge in [0.2, 0.25) is 0 Å². The lowest BCUT2D eigenvalue weighted by molar-refractivity contribution is 0.219. The van der Waals surface area contributed by atoms with Gasteiger partial charge < -0.3 is 14.6 Å². The lowest BCUT2D eigenvalue weighted by atomic mass is 10.0. The van der Waals surface area contributed by atoms with Crippen molar-refractivity contribution in [3.05, 3.63) is 58.4 Å². The number of rotatable bonds is 2. The van der Waals surface area contributed by atoms with Gasteiger partial charge in [0.15, 0.2) is 11.5 Å². The Bertz CT molecular complexity index is 660. The van der Waals surface area contributed by atoms with Crippen LogP contribution in [0.15, 0.2) is 36.4 Å². The summed E-state index contributed by atoms with van der Waals surface area (Å²) in [6.07, 6.45) is -0.215. The summed E-state index contributed by atoms with van der Waals surface area (Å²) < 4.78 is 24.6. The largest absolute Gasteiger partial charge is 0.490 e. The fourth-order valence-electron chi connectivity index (χ4n) is 2.26. The first kappa shape index (κ1) is 14.2. The Hall–Kier alpha value is -1.78. The van der Waals surface area contributed by atoms with E-state index in [-0.39, 0.29) is 5.02 Å². The smallest absolute Gasteiger partial charge is 0.161 e. The molecule has 0 aliphatic carbocycles. The summed E-state index contributed by atoms with van der Waals surface area (Å²) in [7, 11) is 0. The van der Waals surface area contributed by atoms with Crippen LogP contribution in [0.2, 0.25) is 5.02 Å². The van der Waals surface area contributed by atoms with Crippen molar-refractivity contribution < 1.29 is 19.0 Å². The summed E-state index contributed by atoms with van der Waals surface area (Å²) in [4.78, 5) is 0. The molecule has 3 rings (SSSR count). The second-order valence-electron chi connectivity index (χ2n) is 4.80. The Kier molecular flexibility index (Phi) is 3.99. The Morgan fingerprint density at radius 1 is 1.10 bits per heavy atom. The van der Waals surface area contributed by atoms with E-state index in [2.05, 4.69) is 0 Å². The summed E-state index contributed by atoms with van der Waals surface area (Å²) >= 11 is 5.92. The van der Waals surface area contributed by atoms with E-state index >= 15 is 0 Å². The number of halogens is 2. The van der Waals surface area contributed by atoms with Crippen molar-refractivity contribution in [2.75, 3.05) is 13.2 Å². The molecular weight excluding hydrogens is 295 g/mol. The van der Waals surface area contributed by atoms with E-state index in [1.807, 2.05) is 0 Å². The van der Waals surface area contributed by atoms with Gasteiger partial charge in [0, 0.05) is 12.0 Å². The van der Waals surface area contributed by atoms with Crippen LogP contribution in [0.5, 0.6) is 11.5 Å². The summed E-state index contributed by atoms with van der Waals surface area (Å²) in [6.45, 7) is 1.16. The van der Waals surface area contributed by atoms with E-state index in [4.69, 9.17) is 21.1 Å². The fourth-order valence-corrected chi connectivity index (χ4v) is 2.49. The molecule has 0 saturated carbocycles. The van der Waals surface area contributed by atoms with Gasteiger partial charge in [-0.05, 0) is 23.8 Å². The second-order valence-corrected chi connectivity index (χ2v) is 5.18. The molecule has 0 amide bonds. The third kappa shape index (κ3) is 2.82. The molecule has 2 aromatic rings. The van der Waals surface area contributed by atoms with Gasteiger partial charge in [-0.15, -0.1) is 0 Å². The molecule has 1 aliphatic rings. The number of hydrogen-bond acceptors (Lipinski definition) is 3. The Labute approximate surface area is 126 Å². The maximum absolute atomic E-state index is 13.5. The minimum atomic E-state index is -1.02. The van der Waals surface area contributed by atoms with Crippen LogP contribution in [0.3, 0.4) is 0 Å². The number of aliphatic hydroxyl groups excluding tert-OH is 1. The second kappa shape index (κ2) is 5.92. The molecule has 1 N–H and O–H groups in total. The Balaban J connectivity index is 1.96. The third-order valence-corrected chi connectivity index (χ3v) is 3.76. The fraction of sp³-hybridized carbons (Fsp3) is 0.250. The molecule has 5 heteroatoms. The third-order valence-electron chi connectivity index (χ3n) is 3.36. The Morgan fingerprint density at radius 2 is 1.86 bits per heavy atom. The zero-order valence-electron chi connectivity index (χ0n) is 11.2. The minimum absolute atomic E-state index is 0.0721. The first-order valence-electron chi connectivity index (χ1n) is 6.68. The molecule has 0 bridgehead atoms. The molecule has 3 nitrogen and oxygen atoms in total. The maximum Gasteiger partial charge on any atom is 0.161 e. The van der Waals surface area contributed by atoms with E-state index in [0.717, 1.165) is 6.42 Å². The van der Waals surface area contributed by atoms with E-state index in [1.165, 1.54) is 12.1 Å². The van der Waals surface area contributed by atoms with Gasteiger partial charge in [0.05, 0.1) is 18.2 Å². The molecule has 0 saturated heterocycles. The van der Waals surface area contributed by atoms with Crippen LogP contribution in [-0.2, 0) is 0 Å². The number of aliphatic hydroxyl groups is 1. The van der Waals surface area contributed by atoms with Crippen molar-refractivity contribution in [2.24, 2.45) is 0 Å². The van der Waals surface area contributed by atoms with E-state index < -0.39 is 11.9 Å². The molecule has 0 aromatic heterocycles. The van der Waals surface area contributed by atoms with Gasteiger partial charge in [-0.1, -0.05) is 29.8 Å². The molecule has 0 radical (unpaired) electrons. The molecule has 21 heavy (non-hydrogen) atoms. The van der Waals surface area contributed by atoms with Crippen molar-refractivity contribution in [3.8, 4) is 11.5 Å². The van der Waals surface area contributed by atoms with E-state index in [0.29, 0.717) is 35.8 Å². The Morgan fingerprint density at radius 3 is 2.67 bits per heavy atom. The molecule has 1 atom stereocenters. The molecule has 1 aliphatic heterocycles. The highest BCUT2D eigenvalue weighted by Gasteiger charge is 2.19. The number of hydrogen-bond donors (Lipinski definition) is 1. The number of benzene rings is 2. The monoisotopic (exact) mass is 308 g/mol. The molecule has 0 spiro atoms. The predicted octanol–water partition coefficient (Wildman–Crippen LogP) is 3.72. The van der Waals surface area contributed by atoms with Crippen molar-refractivity contribution in [1.29, 1.82) is 0 Å². The predicted molar refractivity (Wildman–Crippen MR) is 77.5 cm³/mol. The number of ether oxygens (including phenoxy) is 2. The first-order valence-corrected chi connectivity index (χ1v) is 7.06. The van der Waals surface area contributed by atoms with Crippen LogP contribution >= 0.6 is 11.6 Å². The minimum Gasteiger partial charge on any atom is -0.490 e. The van der Waals surface area contributed by atoms with Gasteiger partial charge in [-0.2, -0.15) is 0 Å². The molecule has 1 heterocycles. The average molecular weight is 309 g/mol. The van der Waals surface area contributed by atoms with Crippen molar-refractivity contribution >= 4 is 11.6 Å². The van der Waals surface area contributed by atoms with E-state index in [1.54, 1.807) is 24.3 Å². The number of fused-ring (bicyclic) bond motifs is 1. The van der Waals surface area contributed by atoms with Crippen molar-refractivity contribution in [1.82, 2.24) is 0 Å². The topological polar surface area (TPSA) is 38.7 Å². The standard InChI is InChI=1S/C16H14ClFO3/c17-15-11(3-1-4-12(15)18)16(19)10-5-6-13-14(9-10)21-8-2-7-20-13/h1,3-6,9,16,19H,2,7-8H2. The molecular formula is C16H14ClFO3. The summed E-state index contributed by atoms with van der Waals surface area (Å²) in [5.41, 5.74) is 0.901. The van der Waals surface area contributed by atoms with Gasteiger partial charge in [0.25, 0.3) is 0 Å². The van der Waals surface area contributed by atoms with Crippen molar-refractivity contribution in [3.63, 3.8) is 0 Å². The quantitative estimate of drug-likeness (QED) is 0.919. The molecule has 110 valence electrons. The first-order chi connectivity index (χ1) is 10.2. The summed E-state index contributed by atoms with van der Waals surface area (Å²) in [5, 5.41) is 10.3. The van der Waals surface area contributed by atoms with Crippen LogP contribution in [-0.4, -0.2) is 18.3 Å². The van der Waals surface area contributed by atoms with Crippen LogP contribution in [0.4, 0.5) is 4.39 Å². The highest BCUT2D eigenvalue weighted by Crippen LogP contribution is 2.36. The summed E-state index contributed by atoms with van der Waals surface area (Å²) in [6, 6.07) is 9.53. The average Bonchev–Trinajstić information content (AvgIpc) is 2.74. The van der Waals surface area contributed by atoms with Gasteiger partial charge >= 0.3 is 0 Å². The molecule has 0 fully saturated rings. The summed E-state index contributed by atoms with van der Waals surface area (Å²) in [5.74, 6) is 0.674. The normalized spacial score (nSPS) is 15.4. The highest BCUT2D eigenvalue weighted by molar-refractivity contribution is 6.31. The van der Waals surface area contributed by atoms with Gasteiger partial charge in [-0.3, -0.25) is 0 Å².